The molecule has 0 spiro atoms. The van der Waals surface area contributed by atoms with Gasteiger partial charge in [0.25, 0.3) is 0 Å². The Morgan fingerprint density at radius 1 is 1.40 bits per heavy atom. The molecule has 0 saturated heterocycles. The lowest BCUT2D eigenvalue weighted by Gasteiger charge is -2.08. The fourth-order valence-corrected chi connectivity index (χ4v) is 1.71. The van der Waals surface area contributed by atoms with E-state index in [4.69, 9.17) is 5.11 Å². The van der Waals surface area contributed by atoms with Crippen LogP contribution >= 0.6 is 0 Å². The van der Waals surface area contributed by atoms with Crippen LogP contribution in [0.3, 0.4) is 0 Å². The van der Waals surface area contributed by atoms with Crippen LogP contribution in [0.1, 0.15) is 22.8 Å². The minimum absolute atomic E-state index is 0.563. The van der Waals surface area contributed by atoms with E-state index in [-0.39, 0.29) is 0 Å². The van der Waals surface area contributed by atoms with Gasteiger partial charge in [-0.25, -0.2) is 0 Å². The average Bonchev–Trinajstić information content (AvgIpc) is 2.78. The van der Waals surface area contributed by atoms with Crippen LogP contribution in [0.2, 0.25) is 0 Å². The molecule has 1 heterocycles. The summed E-state index contributed by atoms with van der Waals surface area (Å²) in [7, 11) is 1.00. The van der Waals surface area contributed by atoms with Gasteiger partial charge in [-0.1, -0.05) is 18.2 Å². The van der Waals surface area contributed by atoms with Gasteiger partial charge in [-0.05, 0) is 16.7 Å². The van der Waals surface area contributed by atoms with Crippen molar-refractivity contribution in [3.05, 3.63) is 34.9 Å². The first-order valence-electron chi connectivity index (χ1n) is 4.72. The van der Waals surface area contributed by atoms with Crippen molar-refractivity contribution >= 4 is 6.29 Å². The Kier molecular flexibility index (Phi) is 4.42. The van der Waals surface area contributed by atoms with Crippen LogP contribution in [0.5, 0.6) is 0 Å². The number of fused-ring (bicyclic) bond motifs is 1. The molecule has 0 radical (unpaired) electrons. The highest BCUT2D eigenvalue weighted by atomic mass is 16.3. The van der Waals surface area contributed by atoms with Crippen LogP contribution in [0.15, 0.2) is 18.2 Å². The monoisotopic (exact) mass is 209 g/mol. The molecule has 1 aromatic carbocycles. The topological polar surface area (TPSA) is 69.6 Å². The predicted octanol–water partition coefficient (Wildman–Crippen LogP) is 0.131. The van der Waals surface area contributed by atoms with Gasteiger partial charge in [0, 0.05) is 20.2 Å². The van der Waals surface area contributed by atoms with Gasteiger partial charge in [-0.15, -0.1) is 0 Å². The maximum atomic E-state index is 10.4. The Morgan fingerprint density at radius 2 is 2.13 bits per heavy atom. The van der Waals surface area contributed by atoms with Crippen molar-refractivity contribution < 1.29 is 15.0 Å². The second kappa shape index (κ2) is 5.60. The fourth-order valence-electron chi connectivity index (χ4n) is 1.71. The molecule has 0 aliphatic carbocycles. The average molecular weight is 209 g/mol. The Bertz CT molecular complexity index is 339. The van der Waals surface area contributed by atoms with Gasteiger partial charge in [0.15, 0.2) is 6.29 Å². The zero-order valence-corrected chi connectivity index (χ0v) is 8.60. The molecule has 82 valence electrons. The van der Waals surface area contributed by atoms with Gasteiger partial charge in [0.2, 0.25) is 0 Å². The maximum absolute atomic E-state index is 10.4. The van der Waals surface area contributed by atoms with Crippen molar-refractivity contribution in [1.29, 1.82) is 0 Å². The quantitative estimate of drug-likeness (QED) is 0.606. The SMILES string of the molecule is CO.O=CC(O)c1cccc2c1CNC2. The molecule has 1 atom stereocenters. The third-order valence-corrected chi connectivity index (χ3v) is 2.37. The van der Waals surface area contributed by atoms with E-state index in [1.54, 1.807) is 6.07 Å². The number of hydrogen-bond donors (Lipinski definition) is 3. The van der Waals surface area contributed by atoms with E-state index in [0.717, 1.165) is 31.3 Å². The highest BCUT2D eigenvalue weighted by Crippen LogP contribution is 2.23. The van der Waals surface area contributed by atoms with Crippen LogP contribution in [0, 0.1) is 0 Å². The number of aliphatic hydroxyl groups is 2. The Labute approximate surface area is 88.6 Å². The van der Waals surface area contributed by atoms with Gasteiger partial charge >= 0.3 is 0 Å². The first kappa shape index (κ1) is 11.8. The molecule has 15 heavy (non-hydrogen) atoms. The molecule has 0 fully saturated rings. The minimum atomic E-state index is -0.977. The molecule has 0 aromatic heterocycles. The lowest BCUT2D eigenvalue weighted by Crippen LogP contribution is -2.04. The zero-order valence-electron chi connectivity index (χ0n) is 8.60. The fraction of sp³-hybridized carbons (Fsp3) is 0.364. The van der Waals surface area contributed by atoms with E-state index < -0.39 is 6.10 Å². The molecule has 4 heteroatoms. The van der Waals surface area contributed by atoms with Crippen molar-refractivity contribution in [2.24, 2.45) is 0 Å². The second-order valence-electron chi connectivity index (χ2n) is 3.17. The van der Waals surface area contributed by atoms with Gasteiger partial charge in [-0.3, -0.25) is 0 Å². The largest absolute Gasteiger partial charge is 0.400 e. The van der Waals surface area contributed by atoms with Crippen molar-refractivity contribution in [3.63, 3.8) is 0 Å². The summed E-state index contributed by atoms with van der Waals surface area (Å²) in [5.74, 6) is 0. The number of aliphatic hydroxyl groups excluding tert-OH is 2. The number of carbonyl (C=O) groups is 1. The van der Waals surface area contributed by atoms with E-state index in [0.29, 0.717) is 6.29 Å². The van der Waals surface area contributed by atoms with E-state index in [1.165, 1.54) is 5.56 Å². The summed E-state index contributed by atoms with van der Waals surface area (Å²) < 4.78 is 0. The van der Waals surface area contributed by atoms with E-state index in [1.807, 2.05) is 12.1 Å². The Hall–Kier alpha value is -1.23. The predicted molar refractivity (Wildman–Crippen MR) is 56.2 cm³/mol. The molecule has 0 amide bonds. The summed E-state index contributed by atoms with van der Waals surface area (Å²) in [5.41, 5.74) is 2.98. The molecule has 1 unspecified atom stereocenters. The first-order valence-corrected chi connectivity index (χ1v) is 4.72. The third-order valence-electron chi connectivity index (χ3n) is 2.37. The summed E-state index contributed by atoms with van der Waals surface area (Å²) in [5, 5.41) is 19.6. The molecule has 1 aliphatic heterocycles. The van der Waals surface area contributed by atoms with Crippen LogP contribution in [-0.4, -0.2) is 23.6 Å². The van der Waals surface area contributed by atoms with Crippen molar-refractivity contribution in [3.8, 4) is 0 Å². The summed E-state index contributed by atoms with van der Waals surface area (Å²) in [6.45, 7) is 1.57. The maximum Gasteiger partial charge on any atom is 0.153 e. The number of benzene rings is 1. The Morgan fingerprint density at radius 3 is 2.80 bits per heavy atom. The standard InChI is InChI=1S/C10H11NO2.CH4O/c12-6-10(13)8-3-1-2-7-4-11-5-9(7)8;1-2/h1-3,6,10-11,13H,4-5H2;2H,1H3. The lowest BCUT2D eigenvalue weighted by atomic mass is 10.00. The van der Waals surface area contributed by atoms with E-state index in [2.05, 4.69) is 5.32 Å². The molecule has 1 aliphatic rings. The highest BCUT2D eigenvalue weighted by molar-refractivity contribution is 5.61. The number of nitrogens with one attached hydrogen (secondary N) is 1. The molecule has 3 N–H and O–H groups in total. The molecule has 2 rings (SSSR count). The smallest absolute Gasteiger partial charge is 0.153 e. The van der Waals surface area contributed by atoms with Crippen molar-refractivity contribution in [1.82, 2.24) is 5.32 Å². The number of hydrogen-bond acceptors (Lipinski definition) is 4. The number of carbonyl (C=O) groups excluding carboxylic acids is 1. The van der Waals surface area contributed by atoms with Crippen LogP contribution in [-0.2, 0) is 17.9 Å². The molecule has 4 nitrogen and oxygen atoms in total. The van der Waals surface area contributed by atoms with E-state index >= 15 is 0 Å². The van der Waals surface area contributed by atoms with Crippen LogP contribution < -0.4 is 5.32 Å². The first-order chi connectivity index (χ1) is 7.33. The summed E-state index contributed by atoms with van der Waals surface area (Å²) in [6, 6.07) is 5.68. The van der Waals surface area contributed by atoms with Gasteiger partial charge in [0.05, 0.1) is 0 Å². The molecule has 0 bridgehead atoms. The van der Waals surface area contributed by atoms with Crippen molar-refractivity contribution in [2.75, 3.05) is 7.11 Å². The number of rotatable bonds is 2. The van der Waals surface area contributed by atoms with Crippen LogP contribution in [0.4, 0.5) is 0 Å². The minimum Gasteiger partial charge on any atom is -0.400 e. The Balaban J connectivity index is 0.000000531. The third kappa shape index (κ3) is 2.41. The summed E-state index contributed by atoms with van der Waals surface area (Å²) in [6.07, 6.45) is -0.414. The van der Waals surface area contributed by atoms with Crippen molar-refractivity contribution in [2.45, 2.75) is 19.2 Å². The van der Waals surface area contributed by atoms with Gasteiger partial charge in [0.1, 0.15) is 6.10 Å². The van der Waals surface area contributed by atoms with Crippen LogP contribution in [0.25, 0.3) is 0 Å². The normalized spacial score (nSPS) is 14.9. The van der Waals surface area contributed by atoms with E-state index in [9.17, 15) is 9.90 Å². The molecular formula is C11H15NO3. The summed E-state index contributed by atoms with van der Waals surface area (Å²) >= 11 is 0. The summed E-state index contributed by atoms with van der Waals surface area (Å²) in [4.78, 5) is 10.4. The van der Waals surface area contributed by atoms with Gasteiger partial charge in [-0.2, -0.15) is 0 Å². The highest BCUT2D eigenvalue weighted by Gasteiger charge is 2.17. The molecule has 0 saturated carbocycles. The zero-order chi connectivity index (χ0) is 11.3. The van der Waals surface area contributed by atoms with Gasteiger partial charge < -0.3 is 20.3 Å². The second-order valence-corrected chi connectivity index (χ2v) is 3.17. The molecule has 1 aromatic rings. The molecular weight excluding hydrogens is 194 g/mol. The lowest BCUT2D eigenvalue weighted by molar-refractivity contribution is -0.115. The number of aldehydes is 1.